The van der Waals surface area contributed by atoms with Gasteiger partial charge in [-0.25, -0.2) is 13.2 Å². The van der Waals surface area contributed by atoms with Gasteiger partial charge in [-0.1, -0.05) is 0 Å². The third-order valence-electron chi connectivity index (χ3n) is 4.96. The average molecular weight is 371 g/mol. The summed E-state index contributed by atoms with van der Waals surface area (Å²) < 4.78 is 32.4. The van der Waals surface area contributed by atoms with Crippen molar-refractivity contribution in [3.05, 3.63) is 40.8 Å². The van der Waals surface area contributed by atoms with Gasteiger partial charge in [-0.05, 0) is 49.1 Å². The largest absolute Gasteiger partial charge is 0.423 e. The van der Waals surface area contributed by atoms with E-state index in [-0.39, 0.29) is 22.7 Å². The van der Waals surface area contributed by atoms with Gasteiger partial charge in [0.25, 0.3) is 0 Å². The van der Waals surface area contributed by atoms with Crippen molar-refractivity contribution in [2.45, 2.75) is 17.7 Å². The van der Waals surface area contributed by atoms with E-state index in [1.54, 1.807) is 22.5 Å². The first-order valence-corrected chi connectivity index (χ1v) is 9.17. The Morgan fingerprint density at radius 1 is 1.17 bits per heavy atom. The molecule has 1 aromatic heterocycles. The third-order valence-corrected chi connectivity index (χ3v) is 6.81. The lowest BCUT2D eigenvalue weighted by molar-refractivity contribution is 0.338. The van der Waals surface area contributed by atoms with Crippen LogP contribution in [-0.2, 0) is 10.0 Å². The van der Waals surface area contributed by atoms with Crippen LogP contribution in [0.5, 0.6) is 0 Å². The predicted octanol–water partition coefficient (Wildman–Crippen LogP) is 1.59. The third kappa shape index (κ3) is 2.86. The number of nitrogens with one attached hydrogen (secondary N) is 1. The highest BCUT2D eigenvalue weighted by atomic mass is 35.5. The van der Waals surface area contributed by atoms with Crippen LogP contribution in [0, 0.1) is 5.41 Å². The molecule has 0 radical (unpaired) electrons. The fraction of sp³-hybridized carbons (Fsp3) is 0.438. The minimum atomic E-state index is -3.52. The first-order chi connectivity index (χ1) is 11.0. The number of hydrogen-bond donors (Lipinski definition) is 1. The summed E-state index contributed by atoms with van der Waals surface area (Å²) in [5.74, 6) is 0. The summed E-state index contributed by atoms with van der Waals surface area (Å²) in [6, 6.07) is 7.52. The zero-order valence-corrected chi connectivity index (χ0v) is 14.7. The fourth-order valence-corrected chi connectivity index (χ4v) is 5.19. The molecule has 0 bridgehead atoms. The topological polar surface area (TPSA) is 79.6 Å². The molecular formula is C16H19ClN2O4S. The van der Waals surface area contributed by atoms with Gasteiger partial charge in [0.1, 0.15) is 5.58 Å². The normalized spacial score (nSPS) is 24.5. The molecule has 4 rings (SSSR count). The molecule has 1 aromatic carbocycles. The second kappa shape index (κ2) is 6.15. The fourth-order valence-electron chi connectivity index (χ4n) is 3.60. The average Bonchev–Trinajstić information content (AvgIpc) is 3.17. The molecule has 2 aliphatic heterocycles. The van der Waals surface area contributed by atoms with Crippen molar-refractivity contribution in [2.24, 2.45) is 5.41 Å². The molecule has 6 nitrogen and oxygen atoms in total. The van der Waals surface area contributed by atoms with Crippen molar-refractivity contribution in [1.29, 1.82) is 0 Å². The SMILES string of the molecule is Cl.O=c1ccc2cc(S(=O)(=O)N3CCC4(CCNC4)C3)ccc2o1. The molecule has 2 fully saturated rings. The highest BCUT2D eigenvalue weighted by molar-refractivity contribution is 7.89. The molecule has 1 atom stereocenters. The van der Waals surface area contributed by atoms with Gasteiger partial charge in [-0.2, -0.15) is 4.31 Å². The molecule has 130 valence electrons. The molecule has 1 N–H and O–H groups in total. The van der Waals surface area contributed by atoms with Gasteiger partial charge in [0.15, 0.2) is 0 Å². The zero-order chi connectivity index (χ0) is 16.1. The number of hydrogen-bond acceptors (Lipinski definition) is 5. The summed E-state index contributed by atoms with van der Waals surface area (Å²) in [7, 11) is -3.52. The van der Waals surface area contributed by atoms with E-state index in [0.29, 0.717) is 24.1 Å². The molecule has 2 aromatic rings. The molecule has 0 aliphatic carbocycles. The zero-order valence-electron chi connectivity index (χ0n) is 13.0. The van der Waals surface area contributed by atoms with Crippen molar-refractivity contribution >= 4 is 33.4 Å². The number of nitrogens with zero attached hydrogens (tertiary/aromatic N) is 1. The van der Waals surface area contributed by atoms with Crippen molar-refractivity contribution in [3.8, 4) is 0 Å². The molecule has 2 saturated heterocycles. The number of rotatable bonds is 2. The highest BCUT2D eigenvalue weighted by Gasteiger charge is 2.44. The van der Waals surface area contributed by atoms with Crippen LogP contribution in [0.25, 0.3) is 11.0 Å². The molecule has 24 heavy (non-hydrogen) atoms. The molecule has 1 unspecified atom stereocenters. The van der Waals surface area contributed by atoms with Gasteiger partial charge in [0.2, 0.25) is 10.0 Å². The van der Waals surface area contributed by atoms with E-state index in [1.807, 2.05) is 0 Å². The predicted molar refractivity (Wildman–Crippen MR) is 93.0 cm³/mol. The van der Waals surface area contributed by atoms with Crippen molar-refractivity contribution < 1.29 is 12.8 Å². The summed E-state index contributed by atoms with van der Waals surface area (Å²) in [5.41, 5.74) is 0.0501. The Bertz CT molecular complexity index is 919. The van der Waals surface area contributed by atoms with Crippen LogP contribution in [0.3, 0.4) is 0 Å². The molecule has 0 saturated carbocycles. The Morgan fingerprint density at radius 2 is 2.00 bits per heavy atom. The molecule has 1 spiro atoms. The van der Waals surface area contributed by atoms with E-state index < -0.39 is 15.6 Å². The van der Waals surface area contributed by atoms with Crippen LogP contribution in [-0.4, -0.2) is 38.9 Å². The van der Waals surface area contributed by atoms with Crippen molar-refractivity contribution in [2.75, 3.05) is 26.2 Å². The van der Waals surface area contributed by atoms with Crippen LogP contribution in [0.4, 0.5) is 0 Å². The Morgan fingerprint density at radius 3 is 2.75 bits per heavy atom. The summed E-state index contributed by atoms with van der Waals surface area (Å²) in [4.78, 5) is 11.5. The Hall–Kier alpha value is -1.41. The quantitative estimate of drug-likeness (QED) is 0.812. The van der Waals surface area contributed by atoms with E-state index in [9.17, 15) is 13.2 Å². The lowest BCUT2D eigenvalue weighted by atomic mass is 9.87. The second-order valence-corrected chi connectivity index (χ2v) is 8.41. The van der Waals surface area contributed by atoms with Crippen LogP contribution >= 0.6 is 12.4 Å². The number of halogens is 1. The van der Waals surface area contributed by atoms with Crippen molar-refractivity contribution in [3.63, 3.8) is 0 Å². The van der Waals surface area contributed by atoms with Gasteiger partial charge in [-0.15, -0.1) is 12.4 Å². The summed E-state index contributed by atoms with van der Waals surface area (Å²) >= 11 is 0. The maximum atomic E-state index is 12.9. The Balaban J connectivity index is 0.00000169. The van der Waals surface area contributed by atoms with E-state index in [4.69, 9.17) is 4.42 Å². The maximum absolute atomic E-state index is 12.9. The smallest absolute Gasteiger partial charge is 0.336 e. The van der Waals surface area contributed by atoms with E-state index in [1.165, 1.54) is 12.1 Å². The van der Waals surface area contributed by atoms with E-state index in [0.717, 1.165) is 25.9 Å². The van der Waals surface area contributed by atoms with Crippen LogP contribution in [0.2, 0.25) is 0 Å². The van der Waals surface area contributed by atoms with Crippen molar-refractivity contribution in [1.82, 2.24) is 9.62 Å². The molecule has 2 aliphatic rings. The summed E-state index contributed by atoms with van der Waals surface area (Å²) in [5, 5.41) is 3.95. The highest BCUT2D eigenvalue weighted by Crippen LogP contribution is 2.38. The number of sulfonamides is 1. The minimum Gasteiger partial charge on any atom is -0.423 e. The van der Waals surface area contributed by atoms with Gasteiger partial charge in [0.05, 0.1) is 4.90 Å². The first-order valence-electron chi connectivity index (χ1n) is 7.73. The van der Waals surface area contributed by atoms with E-state index >= 15 is 0 Å². The Kier molecular flexibility index (Phi) is 4.46. The number of benzene rings is 1. The van der Waals surface area contributed by atoms with E-state index in [2.05, 4.69) is 5.32 Å². The Labute approximate surface area is 146 Å². The monoisotopic (exact) mass is 370 g/mol. The van der Waals surface area contributed by atoms with Crippen LogP contribution in [0.15, 0.2) is 44.4 Å². The van der Waals surface area contributed by atoms with Gasteiger partial charge in [0, 0.05) is 31.1 Å². The first kappa shape index (κ1) is 17.4. The molecule has 8 heteroatoms. The second-order valence-electron chi connectivity index (χ2n) is 6.47. The summed E-state index contributed by atoms with van der Waals surface area (Å²) in [6.45, 7) is 2.99. The lowest BCUT2D eigenvalue weighted by Gasteiger charge is -2.22. The maximum Gasteiger partial charge on any atom is 0.336 e. The standard InChI is InChI=1S/C16H18N2O4S.ClH/c19-15-4-1-12-9-13(2-3-14(12)22-15)23(20,21)18-8-6-16(11-18)5-7-17-10-16;/h1-4,9,17H,5-8,10-11H2;1H. The van der Waals surface area contributed by atoms with Crippen LogP contribution < -0.4 is 10.9 Å². The molecular weight excluding hydrogens is 352 g/mol. The van der Waals surface area contributed by atoms with Gasteiger partial charge >= 0.3 is 5.63 Å². The number of fused-ring (bicyclic) bond motifs is 1. The van der Waals surface area contributed by atoms with Crippen LogP contribution in [0.1, 0.15) is 12.8 Å². The summed E-state index contributed by atoms with van der Waals surface area (Å²) in [6.07, 6.45) is 1.93. The minimum absolute atomic E-state index is 0. The van der Waals surface area contributed by atoms with Gasteiger partial charge in [-0.3, -0.25) is 0 Å². The molecule has 3 heterocycles. The lowest BCUT2D eigenvalue weighted by Crippen LogP contribution is -2.33. The van der Waals surface area contributed by atoms with Gasteiger partial charge < -0.3 is 9.73 Å². The molecule has 0 amide bonds.